The van der Waals surface area contributed by atoms with Crippen LogP contribution in [0.15, 0.2) is 0 Å². The summed E-state index contributed by atoms with van der Waals surface area (Å²) in [5.41, 5.74) is 0.576. The van der Waals surface area contributed by atoms with Crippen molar-refractivity contribution in [3.63, 3.8) is 0 Å². The molecule has 16 heavy (non-hydrogen) atoms. The summed E-state index contributed by atoms with van der Waals surface area (Å²) >= 11 is 0. The SMILES string of the molecule is CC(C)(C)c1c(C(=O)O)nnn1CC1CC1. The van der Waals surface area contributed by atoms with Crippen LogP contribution in [0.25, 0.3) is 0 Å². The number of aromatic nitrogens is 3. The molecule has 5 nitrogen and oxygen atoms in total. The van der Waals surface area contributed by atoms with E-state index in [1.54, 1.807) is 4.68 Å². The third kappa shape index (κ3) is 2.08. The molecule has 0 aliphatic heterocycles. The van der Waals surface area contributed by atoms with Crippen LogP contribution in [0.2, 0.25) is 0 Å². The van der Waals surface area contributed by atoms with Crippen LogP contribution in [0.4, 0.5) is 0 Å². The van der Waals surface area contributed by atoms with Gasteiger partial charge in [-0.05, 0) is 18.8 Å². The molecule has 0 radical (unpaired) electrons. The Bertz CT molecular complexity index is 413. The monoisotopic (exact) mass is 223 g/mol. The van der Waals surface area contributed by atoms with Crippen LogP contribution in [0.1, 0.15) is 49.8 Å². The first-order chi connectivity index (χ1) is 7.39. The molecule has 0 amide bonds. The molecule has 0 saturated heterocycles. The first kappa shape index (κ1) is 11.1. The number of nitrogens with zero attached hydrogens (tertiary/aromatic N) is 3. The summed E-state index contributed by atoms with van der Waals surface area (Å²) in [4.78, 5) is 11.1. The van der Waals surface area contributed by atoms with Crippen molar-refractivity contribution < 1.29 is 9.90 Å². The Balaban J connectivity index is 2.40. The number of hydrogen-bond acceptors (Lipinski definition) is 3. The van der Waals surface area contributed by atoms with Crippen molar-refractivity contribution in [2.24, 2.45) is 5.92 Å². The molecule has 2 rings (SSSR count). The maximum Gasteiger partial charge on any atom is 0.358 e. The molecule has 1 aromatic heterocycles. The lowest BCUT2D eigenvalue weighted by Gasteiger charge is -2.20. The first-order valence-corrected chi connectivity index (χ1v) is 5.57. The lowest BCUT2D eigenvalue weighted by Crippen LogP contribution is -2.22. The average molecular weight is 223 g/mol. The van der Waals surface area contributed by atoms with E-state index in [-0.39, 0.29) is 11.1 Å². The van der Waals surface area contributed by atoms with Gasteiger partial charge in [0.15, 0.2) is 5.69 Å². The summed E-state index contributed by atoms with van der Waals surface area (Å²) in [6, 6.07) is 0. The number of carboxylic acid groups (broad SMARTS) is 1. The Morgan fingerprint density at radius 2 is 2.12 bits per heavy atom. The van der Waals surface area contributed by atoms with Gasteiger partial charge in [0.25, 0.3) is 0 Å². The second-order valence-corrected chi connectivity index (χ2v) is 5.47. The summed E-state index contributed by atoms with van der Waals surface area (Å²) in [5.74, 6) is -0.337. The maximum absolute atomic E-state index is 11.1. The smallest absolute Gasteiger partial charge is 0.358 e. The molecular weight excluding hydrogens is 206 g/mol. The normalized spacial score (nSPS) is 16.4. The van der Waals surface area contributed by atoms with Gasteiger partial charge in [0.05, 0.1) is 5.69 Å². The van der Waals surface area contributed by atoms with Crippen molar-refractivity contribution in [3.05, 3.63) is 11.4 Å². The quantitative estimate of drug-likeness (QED) is 0.846. The van der Waals surface area contributed by atoms with Gasteiger partial charge in [-0.25, -0.2) is 9.48 Å². The molecular formula is C11H17N3O2. The standard InChI is InChI=1S/C11H17N3O2/c1-11(2,3)9-8(10(15)16)12-13-14(9)6-7-4-5-7/h7H,4-6H2,1-3H3,(H,15,16). The van der Waals surface area contributed by atoms with E-state index in [0.29, 0.717) is 5.92 Å². The molecule has 0 unspecified atom stereocenters. The minimum atomic E-state index is -0.994. The van der Waals surface area contributed by atoms with Crippen LogP contribution in [-0.4, -0.2) is 26.1 Å². The number of aromatic carboxylic acids is 1. The van der Waals surface area contributed by atoms with E-state index in [1.807, 2.05) is 20.8 Å². The van der Waals surface area contributed by atoms with Crippen LogP contribution < -0.4 is 0 Å². The highest BCUT2D eigenvalue weighted by Gasteiger charge is 2.31. The van der Waals surface area contributed by atoms with Gasteiger partial charge in [-0.2, -0.15) is 0 Å². The predicted molar refractivity (Wildman–Crippen MR) is 58.4 cm³/mol. The van der Waals surface area contributed by atoms with Crippen LogP contribution in [0.5, 0.6) is 0 Å². The fraction of sp³-hybridized carbons (Fsp3) is 0.727. The Morgan fingerprint density at radius 3 is 2.56 bits per heavy atom. The average Bonchev–Trinajstić information content (AvgIpc) is 2.79. The molecule has 0 spiro atoms. The molecule has 1 fully saturated rings. The summed E-state index contributed by atoms with van der Waals surface area (Å²) in [6.07, 6.45) is 2.43. The van der Waals surface area contributed by atoms with Gasteiger partial charge in [0, 0.05) is 12.0 Å². The zero-order valence-electron chi connectivity index (χ0n) is 9.90. The summed E-state index contributed by atoms with van der Waals surface area (Å²) in [6.45, 7) is 6.76. The van der Waals surface area contributed by atoms with E-state index in [4.69, 9.17) is 5.11 Å². The zero-order chi connectivity index (χ0) is 11.9. The Labute approximate surface area is 94.5 Å². The summed E-state index contributed by atoms with van der Waals surface area (Å²) in [7, 11) is 0. The molecule has 5 heteroatoms. The molecule has 1 N–H and O–H groups in total. The van der Waals surface area contributed by atoms with Gasteiger partial charge in [-0.15, -0.1) is 5.10 Å². The van der Waals surface area contributed by atoms with E-state index >= 15 is 0 Å². The van der Waals surface area contributed by atoms with Gasteiger partial charge in [0.1, 0.15) is 0 Å². The van der Waals surface area contributed by atoms with Crippen molar-refractivity contribution in [3.8, 4) is 0 Å². The van der Waals surface area contributed by atoms with E-state index in [9.17, 15) is 4.79 Å². The highest BCUT2D eigenvalue weighted by atomic mass is 16.4. The van der Waals surface area contributed by atoms with Crippen molar-refractivity contribution >= 4 is 5.97 Å². The molecule has 1 aliphatic rings. The minimum absolute atomic E-state index is 0.0909. The molecule has 0 aromatic carbocycles. The van der Waals surface area contributed by atoms with Crippen LogP contribution in [0.3, 0.4) is 0 Å². The van der Waals surface area contributed by atoms with E-state index in [0.717, 1.165) is 12.2 Å². The van der Waals surface area contributed by atoms with E-state index in [2.05, 4.69) is 10.3 Å². The minimum Gasteiger partial charge on any atom is -0.476 e. The number of rotatable bonds is 3. The second-order valence-electron chi connectivity index (χ2n) is 5.47. The Morgan fingerprint density at radius 1 is 1.50 bits per heavy atom. The maximum atomic E-state index is 11.1. The molecule has 0 atom stereocenters. The Kier molecular flexibility index (Phi) is 2.48. The van der Waals surface area contributed by atoms with Gasteiger partial charge < -0.3 is 5.11 Å². The number of carboxylic acids is 1. The summed E-state index contributed by atoms with van der Waals surface area (Å²) < 4.78 is 1.76. The highest BCUT2D eigenvalue weighted by molar-refractivity contribution is 5.86. The molecule has 88 valence electrons. The third-order valence-corrected chi connectivity index (χ3v) is 2.78. The number of carbonyl (C=O) groups is 1. The van der Waals surface area contributed by atoms with Gasteiger partial charge in [-0.1, -0.05) is 26.0 Å². The fourth-order valence-electron chi connectivity index (χ4n) is 1.87. The lowest BCUT2D eigenvalue weighted by molar-refractivity contribution is 0.0687. The topological polar surface area (TPSA) is 68.0 Å². The molecule has 1 heterocycles. The lowest BCUT2D eigenvalue weighted by atomic mass is 9.90. The van der Waals surface area contributed by atoms with Gasteiger partial charge in [-0.3, -0.25) is 0 Å². The largest absolute Gasteiger partial charge is 0.476 e. The van der Waals surface area contributed by atoms with Crippen molar-refractivity contribution in [1.29, 1.82) is 0 Å². The van der Waals surface area contributed by atoms with E-state index in [1.165, 1.54) is 12.8 Å². The fourth-order valence-corrected chi connectivity index (χ4v) is 1.87. The molecule has 1 aliphatic carbocycles. The van der Waals surface area contributed by atoms with Crippen LogP contribution in [-0.2, 0) is 12.0 Å². The second kappa shape index (κ2) is 3.57. The summed E-state index contributed by atoms with van der Waals surface area (Å²) in [5, 5.41) is 16.8. The zero-order valence-corrected chi connectivity index (χ0v) is 9.90. The molecule has 1 aromatic rings. The highest BCUT2D eigenvalue weighted by Crippen LogP contribution is 2.33. The van der Waals surface area contributed by atoms with Crippen molar-refractivity contribution in [2.75, 3.05) is 0 Å². The number of hydrogen-bond donors (Lipinski definition) is 1. The van der Waals surface area contributed by atoms with Crippen molar-refractivity contribution in [2.45, 2.75) is 45.6 Å². The van der Waals surface area contributed by atoms with E-state index < -0.39 is 5.97 Å². The Hall–Kier alpha value is -1.39. The first-order valence-electron chi connectivity index (χ1n) is 5.57. The third-order valence-electron chi connectivity index (χ3n) is 2.78. The van der Waals surface area contributed by atoms with Crippen molar-refractivity contribution in [1.82, 2.24) is 15.0 Å². The van der Waals surface area contributed by atoms with Gasteiger partial charge >= 0.3 is 5.97 Å². The van der Waals surface area contributed by atoms with Crippen LogP contribution in [0, 0.1) is 5.92 Å². The van der Waals surface area contributed by atoms with Gasteiger partial charge in [0.2, 0.25) is 0 Å². The molecule has 1 saturated carbocycles. The predicted octanol–water partition coefficient (Wildman–Crippen LogP) is 1.68. The van der Waals surface area contributed by atoms with Crippen LogP contribution >= 0.6 is 0 Å². The molecule has 0 bridgehead atoms.